The van der Waals surface area contributed by atoms with Gasteiger partial charge in [-0.15, -0.1) is 0 Å². The van der Waals surface area contributed by atoms with Crippen LogP contribution in [0.1, 0.15) is 16.8 Å². The molecular weight excluding hydrogens is 300 g/mol. The number of anilines is 1. The van der Waals surface area contributed by atoms with Gasteiger partial charge in [0.15, 0.2) is 0 Å². The number of carbonyl (C=O) groups excluding carboxylic acids is 1. The minimum absolute atomic E-state index is 0.363. The molecule has 122 valence electrons. The first-order valence-electron chi connectivity index (χ1n) is 7.77. The molecule has 5 heteroatoms. The van der Waals surface area contributed by atoms with Crippen LogP contribution in [-0.4, -0.2) is 16.8 Å². The number of hydrogen-bond donors (Lipinski definition) is 2. The van der Waals surface area contributed by atoms with Crippen LogP contribution in [-0.2, 0) is 7.05 Å². The summed E-state index contributed by atoms with van der Waals surface area (Å²) in [6.45, 7) is 3.98. The molecule has 0 aliphatic heterocycles. The van der Waals surface area contributed by atoms with E-state index >= 15 is 0 Å². The van der Waals surface area contributed by atoms with Crippen molar-refractivity contribution in [2.24, 2.45) is 12.1 Å². The van der Waals surface area contributed by atoms with Crippen molar-refractivity contribution in [1.82, 2.24) is 9.99 Å². The topological polar surface area (TPSA) is 58.4 Å². The van der Waals surface area contributed by atoms with E-state index in [0.29, 0.717) is 0 Å². The largest absolute Gasteiger partial charge is 0.347 e. The summed E-state index contributed by atoms with van der Waals surface area (Å²) < 4.78 is 2.12. The summed E-state index contributed by atoms with van der Waals surface area (Å²) in [5.74, 6) is 0. The Kier molecular flexibility index (Phi) is 4.33. The van der Waals surface area contributed by atoms with Gasteiger partial charge in [-0.25, -0.2) is 10.2 Å². The van der Waals surface area contributed by atoms with Gasteiger partial charge in [0, 0.05) is 34.9 Å². The standard InChI is InChI=1S/C19H20N4O/c1-13-8-4-6-10-17(13)21-19(24)22-20-12-16-14(2)23(3)18-11-7-5-9-15(16)18/h4-12H,1-3H3,(H2,21,22,24)/b20-12-. The third-order valence-corrected chi connectivity index (χ3v) is 4.20. The smallest absolute Gasteiger partial charge is 0.339 e. The molecule has 0 bridgehead atoms. The lowest BCUT2D eigenvalue weighted by atomic mass is 10.1. The number of nitrogens with one attached hydrogen (secondary N) is 2. The molecule has 0 unspecified atom stereocenters. The Bertz CT molecular complexity index is 924. The Morgan fingerprint density at radius 1 is 1.08 bits per heavy atom. The second kappa shape index (κ2) is 6.58. The van der Waals surface area contributed by atoms with Gasteiger partial charge in [-0.1, -0.05) is 36.4 Å². The molecule has 3 aromatic rings. The van der Waals surface area contributed by atoms with Crippen molar-refractivity contribution in [2.45, 2.75) is 13.8 Å². The highest BCUT2D eigenvalue weighted by atomic mass is 16.2. The number of para-hydroxylation sites is 2. The van der Waals surface area contributed by atoms with Gasteiger partial charge in [-0.05, 0) is 31.5 Å². The van der Waals surface area contributed by atoms with Gasteiger partial charge >= 0.3 is 6.03 Å². The van der Waals surface area contributed by atoms with Gasteiger partial charge in [0.25, 0.3) is 0 Å². The molecule has 1 aromatic heterocycles. The summed E-state index contributed by atoms with van der Waals surface area (Å²) in [5, 5.41) is 7.99. The summed E-state index contributed by atoms with van der Waals surface area (Å²) in [5.41, 5.74) is 7.53. The Balaban J connectivity index is 1.74. The molecule has 0 fully saturated rings. The Morgan fingerprint density at radius 2 is 1.79 bits per heavy atom. The summed E-state index contributed by atoms with van der Waals surface area (Å²) in [6.07, 6.45) is 1.69. The van der Waals surface area contributed by atoms with Crippen LogP contribution in [0.4, 0.5) is 10.5 Å². The lowest BCUT2D eigenvalue weighted by molar-refractivity contribution is 0.252. The predicted molar refractivity (Wildman–Crippen MR) is 98.6 cm³/mol. The second-order valence-corrected chi connectivity index (χ2v) is 5.71. The number of aryl methyl sites for hydroxylation is 2. The SMILES string of the molecule is Cc1ccccc1NC(=O)N/N=C\c1c(C)n(C)c2ccccc12. The quantitative estimate of drug-likeness (QED) is 0.557. The van der Waals surface area contributed by atoms with Gasteiger partial charge < -0.3 is 9.88 Å². The Labute approximate surface area is 141 Å². The first-order valence-corrected chi connectivity index (χ1v) is 7.77. The molecule has 2 aromatic carbocycles. The number of nitrogens with zero attached hydrogens (tertiary/aromatic N) is 2. The second-order valence-electron chi connectivity index (χ2n) is 5.71. The maximum absolute atomic E-state index is 12.0. The Morgan fingerprint density at radius 3 is 2.58 bits per heavy atom. The molecule has 0 atom stereocenters. The summed E-state index contributed by atoms with van der Waals surface area (Å²) in [6, 6.07) is 15.4. The molecule has 2 amide bonds. The van der Waals surface area contributed by atoms with Crippen LogP contribution >= 0.6 is 0 Å². The van der Waals surface area contributed by atoms with Crippen molar-refractivity contribution in [3.8, 4) is 0 Å². The highest BCUT2D eigenvalue weighted by Crippen LogP contribution is 2.22. The molecule has 0 aliphatic rings. The fourth-order valence-electron chi connectivity index (χ4n) is 2.73. The van der Waals surface area contributed by atoms with E-state index in [2.05, 4.69) is 32.5 Å². The number of hydrogen-bond acceptors (Lipinski definition) is 2. The van der Waals surface area contributed by atoms with Crippen LogP contribution in [0.3, 0.4) is 0 Å². The van der Waals surface area contributed by atoms with Crippen molar-refractivity contribution in [1.29, 1.82) is 0 Å². The minimum Gasteiger partial charge on any atom is -0.347 e. The average molecular weight is 320 g/mol. The summed E-state index contributed by atoms with van der Waals surface area (Å²) >= 11 is 0. The van der Waals surface area contributed by atoms with E-state index in [4.69, 9.17) is 0 Å². The van der Waals surface area contributed by atoms with Crippen LogP contribution in [0, 0.1) is 13.8 Å². The predicted octanol–water partition coefficient (Wildman–Crippen LogP) is 3.95. The van der Waals surface area contributed by atoms with Crippen LogP contribution in [0.25, 0.3) is 10.9 Å². The molecule has 2 N–H and O–H groups in total. The van der Waals surface area contributed by atoms with E-state index in [1.54, 1.807) is 6.21 Å². The van der Waals surface area contributed by atoms with E-state index in [1.807, 2.05) is 57.3 Å². The maximum Gasteiger partial charge on any atom is 0.339 e. The van der Waals surface area contributed by atoms with Crippen molar-refractivity contribution in [3.63, 3.8) is 0 Å². The first kappa shape index (κ1) is 15.8. The van der Waals surface area contributed by atoms with Crippen LogP contribution in [0.15, 0.2) is 53.6 Å². The molecule has 1 heterocycles. The third kappa shape index (κ3) is 3.01. The summed E-state index contributed by atoms with van der Waals surface area (Å²) in [4.78, 5) is 12.0. The molecule has 5 nitrogen and oxygen atoms in total. The number of rotatable bonds is 3. The van der Waals surface area contributed by atoms with E-state index in [0.717, 1.165) is 33.4 Å². The van der Waals surface area contributed by atoms with Crippen LogP contribution in [0.2, 0.25) is 0 Å². The molecule has 0 aliphatic carbocycles. The van der Waals surface area contributed by atoms with Gasteiger partial charge in [-0.3, -0.25) is 0 Å². The molecule has 3 rings (SSSR count). The van der Waals surface area contributed by atoms with E-state index in [9.17, 15) is 4.79 Å². The highest BCUT2D eigenvalue weighted by Gasteiger charge is 2.09. The zero-order valence-corrected chi connectivity index (χ0v) is 14.0. The lowest BCUT2D eigenvalue weighted by Crippen LogP contribution is -2.24. The van der Waals surface area contributed by atoms with Crippen molar-refractivity contribution in [3.05, 3.63) is 65.4 Å². The first-order chi connectivity index (χ1) is 11.6. The monoisotopic (exact) mass is 320 g/mol. The van der Waals surface area contributed by atoms with Crippen molar-refractivity contribution >= 4 is 28.8 Å². The maximum atomic E-state index is 12.0. The minimum atomic E-state index is -0.363. The number of fused-ring (bicyclic) bond motifs is 1. The fraction of sp³-hybridized carbons (Fsp3) is 0.158. The Hall–Kier alpha value is -3.08. The lowest BCUT2D eigenvalue weighted by Gasteiger charge is -2.06. The normalized spacial score (nSPS) is 11.1. The van der Waals surface area contributed by atoms with Gasteiger partial charge in [0.05, 0.1) is 6.21 Å². The molecule has 0 spiro atoms. The highest BCUT2D eigenvalue weighted by molar-refractivity contribution is 6.01. The molecular formula is C19H20N4O. The third-order valence-electron chi connectivity index (χ3n) is 4.20. The fourth-order valence-corrected chi connectivity index (χ4v) is 2.73. The number of hydrazone groups is 1. The number of urea groups is 1. The van der Waals surface area contributed by atoms with Crippen LogP contribution < -0.4 is 10.7 Å². The van der Waals surface area contributed by atoms with Crippen molar-refractivity contribution < 1.29 is 4.79 Å². The number of amides is 2. The van der Waals surface area contributed by atoms with E-state index < -0.39 is 0 Å². The number of carbonyl (C=O) groups is 1. The molecule has 0 saturated heterocycles. The molecule has 0 radical (unpaired) electrons. The van der Waals surface area contributed by atoms with Gasteiger partial charge in [-0.2, -0.15) is 5.10 Å². The molecule has 0 saturated carbocycles. The zero-order valence-electron chi connectivity index (χ0n) is 14.0. The average Bonchev–Trinajstić information content (AvgIpc) is 2.82. The molecule has 24 heavy (non-hydrogen) atoms. The number of benzene rings is 2. The summed E-state index contributed by atoms with van der Waals surface area (Å²) in [7, 11) is 2.02. The van der Waals surface area contributed by atoms with E-state index in [-0.39, 0.29) is 6.03 Å². The van der Waals surface area contributed by atoms with Crippen LogP contribution in [0.5, 0.6) is 0 Å². The number of aromatic nitrogens is 1. The zero-order chi connectivity index (χ0) is 17.1. The van der Waals surface area contributed by atoms with Gasteiger partial charge in [0.1, 0.15) is 0 Å². The van der Waals surface area contributed by atoms with Gasteiger partial charge in [0.2, 0.25) is 0 Å². The van der Waals surface area contributed by atoms with E-state index in [1.165, 1.54) is 0 Å². The van der Waals surface area contributed by atoms with Crippen molar-refractivity contribution in [2.75, 3.05) is 5.32 Å².